The van der Waals surface area contributed by atoms with Crippen LogP contribution in [0.25, 0.3) is 0 Å². The molecule has 3 nitrogen and oxygen atoms in total. The standard InChI is InChI=1S/C15H19ClN2O/c16-12-6-4-11(5-7-12)15(19)17-13-8-10-18-9-2-1-3-14(13)18/h4-7,13-14H,1-3,8-10H2,(H,17,19)/t13-,14+/m1/s1. The van der Waals surface area contributed by atoms with E-state index in [-0.39, 0.29) is 5.91 Å². The Morgan fingerprint density at radius 1 is 1.16 bits per heavy atom. The molecular weight excluding hydrogens is 260 g/mol. The highest BCUT2D eigenvalue weighted by atomic mass is 35.5. The van der Waals surface area contributed by atoms with Crippen molar-refractivity contribution in [3.8, 4) is 0 Å². The molecule has 0 aromatic heterocycles. The fourth-order valence-electron chi connectivity index (χ4n) is 3.27. The van der Waals surface area contributed by atoms with Crippen LogP contribution >= 0.6 is 11.6 Å². The predicted octanol–water partition coefficient (Wildman–Crippen LogP) is 2.70. The lowest BCUT2D eigenvalue weighted by Crippen LogP contribution is -2.46. The van der Waals surface area contributed by atoms with Crippen LogP contribution < -0.4 is 5.32 Å². The molecule has 1 aromatic rings. The number of benzene rings is 1. The first kappa shape index (κ1) is 12.9. The second kappa shape index (κ2) is 5.51. The van der Waals surface area contributed by atoms with E-state index in [9.17, 15) is 4.79 Å². The van der Waals surface area contributed by atoms with Crippen LogP contribution in [0, 0.1) is 0 Å². The van der Waals surface area contributed by atoms with E-state index in [0.29, 0.717) is 22.7 Å². The zero-order chi connectivity index (χ0) is 13.2. The van der Waals surface area contributed by atoms with Crippen LogP contribution in [0.3, 0.4) is 0 Å². The van der Waals surface area contributed by atoms with Gasteiger partial charge in [0, 0.05) is 29.2 Å². The van der Waals surface area contributed by atoms with Gasteiger partial charge in [-0.05, 0) is 50.1 Å². The number of hydrogen-bond acceptors (Lipinski definition) is 2. The monoisotopic (exact) mass is 278 g/mol. The van der Waals surface area contributed by atoms with Gasteiger partial charge in [-0.3, -0.25) is 9.69 Å². The van der Waals surface area contributed by atoms with E-state index in [0.717, 1.165) is 13.0 Å². The topological polar surface area (TPSA) is 32.3 Å². The fourth-order valence-corrected chi connectivity index (χ4v) is 3.39. The summed E-state index contributed by atoms with van der Waals surface area (Å²) in [6.07, 6.45) is 4.87. The van der Waals surface area contributed by atoms with Crippen LogP contribution in [-0.4, -0.2) is 36.0 Å². The lowest BCUT2D eigenvalue weighted by molar-refractivity contribution is 0.0915. The Balaban J connectivity index is 1.65. The minimum atomic E-state index is 0.0223. The minimum absolute atomic E-state index is 0.0223. The summed E-state index contributed by atoms with van der Waals surface area (Å²) in [4.78, 5) is 14.7. The first-order chi connectivity index (χ1) is 9.24. The maximum atomic E-state index is 12.2. The molecule has 2 saturated heterocycles. The summed E-state index contributed by atoms with van der Waals surface area (Å²) >= 11 is 5.84. The Bertz CT molecular complexity index is 460. The zero-order valence-corrected chi connectivity index (χ0v) is 11.7. The average molecular weight is 279 g/mol. The Labute approximate surface area is 118 Å². The van der Waals surface area contributed by atoms with Crippen molar-refractivity contribution >= 4 is 17.5 Å². The van der Waals surface area contributed by atoms with Crippen molar-refractivity contribution in [3.05, 3.63) is 34.9 Å². The number of rotatable bonds is 2. The first-order valence-electron chi connectivity index (χ1n) is 7.04. The Kier molecular flexibility index (Phi) is 3.76. The van der Waals surface area contributed by atoms with Crippen molar-refractivity contribution in [2.45, 2.75) is 37.8 Å². The smallest absolute Gasteiger partial charge is 0.251 e. The molecule has 0 saturated carbocycles. The number of piperidine rings is 1. The van der Waals surface area contributed by atoms with Crippen LogP contribution in [0.1, 0.15) is 36.0 Å². The quantitative estimate of drug-likeness (QED) is 0.902. The Hall–Kier alpha value is -1.06. The van der Waals surface area contributed by atoms with Gasteiger partial charge in [-0.15, -0.1) is 0 Å². The van der Waals surface area contributed by atoms with E-state index >= 15 is 0 Å². The third-order valence-electron chi connectivity index (χ3n) is 4.28. The molecule has 1 aromatic carbocycles. The highest BCUT2D eigenvalue weighted by Gasteiger charge is 2.36. The Morgan fingerprint density at radius 2 is 1.95 bits per heavy atom. The maximum Gasteiger partial charge on any atom is 0.251 e. The SMILES string of the molecule is O=C(N[C@@H]1CCN2CCCC[C@@H]12)c1ccc(Cl)cc1. The van der Waals surface area contributed by atoms with Gasteiger partial charge < -0.3 is 5.32 Å². The average Bonchev–Trinajstić information content (AvgIpc) is 2.83. The summed E-state index contributed by atoms with van der Waals surface area (Å²) in [5, 5.41) is 3.85. The molecule has 0 radical (unpaired) electrons. The summed E-state index contributed by atoms with van der Waals surface area (Å²) in [5.74, 6) is 0.0223. The molecule has 3 rings (SSSR count). The van der Waals surface area contributed by atoms with Gasteiger partial charge in [-0.1, -0.05) is 18.0 Å². The summed E-state index contributed by atoms with van der Waals surface area (Å²) in [7, 11) is 0. The van der Waals surface area contributed by atoms with E-state index in [2.05, 4.69) is 10.2 Å². The second-order valence-electron chi connectivity index (χ2n) is 5.47. The molecule has 1 amide bonds. The molecule has 102 valence electrons. The summed E-state index contributed by atoms with van der Waals surface area (Å²) in [5.41, 5.74) is 0.693. The van der Waals surface area contributed by atoms with Crippen molar-refractivity contribution in [2.24, 2.45) is 0 Å². The fraction of sp³-hybridized carbons (Fsp3) is 0.533. The Morgan fingerprint density at radius 3 is 2.74 bits per heavy atom. The molecule has 19 heavy (non-hydrogen) atoms. The number of nitrogens with one attached hydrogen (secondary N) is 1. The van der Waals surface area contributed by atoms with Crippen LogP contribution in [0.5, 0.6) is 0 Å². The lowest BCUT2D eigenvalue weighted by atomic mass is 9.99. The van der Waals surface area contributed by atoms with Crippen LogP contribution in [0.2, 0.25) is 5.02 Å². The third kappa shape index (κ3) is 2.77. The summed E-state index contributed by atoms with van der Waals surface area (Å²) < 4.78 is 0. The van der Waals surface area contributed by atoms with Gasteiger partial charge in [0.2, 0.25) is 0 Å². The van der Waals surface area contributed by atoms with Crippen molar-refractivity contribution in [1.29, 1.82) is 0 Å². The van der Waals surface area contributed by atoms with Gasteiger partial charge >= 0.3 is 0 Å². The van der Waals surface area contributed by atoms with Gasteiger partial charge in [-0.2, -0.15) is 0 Å². The molecule has 2 aliphatic rings. The molecule has 4 heteroatoms. The highest BCUT2D eigenvalue weighted by Crippen LogP contribution is 2.27. The van der Waals surface area contributed by atoms with Gasteiger partial charge in [0.25, 0.3) is 5.91 Å². The molecule has 2 heterocycles. The van der Waals surface area contributed by atoms with Crippen LogP contribution in [0.15, 0.2) is 24.3 Å². The number of amides is 1. The van der Waals surface area contributed by atoms with Crippen molar-refractivity contribution in [1.82, 2.24) is 10.2 Å². The molecular formula is C15H19ClN2O. The third-order valence-corrected chi connectivity index (χ3v) is 4.53. The van der Waals surface area contributed by atoms with Crippen molar-refractivity contribution in [3.63, 3.8) is 0 Å². The second-order valence-corrected chi connectivity index (χ2v) is 5.91. The highest BCUT2D eigenvalue weighted by molar-refractivity contribution is 6.30. The number of fused-ring (bicyclic) bond motifs is 1. The number of hydrogen-bond donors (Lipinski definition) is 1. The van der Waals surface area contributed by atoms with E-state index in [1.165, 1.54) is 25.8 Å². The van der Waals surface area contributed by atoms with Gasteiger partial charge in [-0.25, -0.2) is 0 Å². The molecule has 1 N–H and O–H groups in total. The van der Waals surface area contributed by atoms with E-state index in [4.69, 9.17) is 11.6 Å². The van der Waals surface area contributed by atoms with Crippen LogP contribution in [-0.2, 0) is 0 Å². The molecule has 0 spiro atoms. The van der Waals surface area contributed by atoms with Crippen molar-refractivity contribution < 1.29 is 4.79 Å². The van der Waals surface area contributed by atoms with Crippen LogP contribution in [0.4, 0.5) is 0 Å². The molecule has 2 fully saturated rings. The maximum absolute atomic E-state index is 12.2. The first-order valence-corrected chi connectivity index (χ1v) is 7.42. The number of nitrogens with zero attached hydrogens (tertiary/aromatic N) is 1. The van der Waals surface area contributed by atoms with Gasteiger partial charge in [0.15, 0.2) is 0 Å². The molecule has 2 atom stereocenters. The van der Waals surface area contributed by atoms with Gasteiger partial charge in [0.1, 0.15) is 0 Å². The van der Waals surface area contributed by atoms with E-state index < -0.39 is 0 Å². The number of carbonyl (C=O) groups is 1. The normalized spacial score (nSPS) is 27.0. The zero-order valence-electron chi connectivity index (χ0n) is 10.9. The van der Waals surface area contributed by atoms with Gasteiger partial charge in [0.05, 0.1) is 0 Å². The number of halogens is 1. The largest absolute Gasteiger partial charge is 0.348 e. The summed E-state index contributed by atoms with van der Waals surface area (Å²) in [6.45, 7) is 2.31. The molecule has 0 aliphatic carbocycles. The molecule has 0 bridgehead atoms. The summed E-state index contributed by atoms with van der Waals surface area (Å²) in [6, 6.07) is 7.94. The number of carbonyl (C=O) groups excluding carboxylic acids is 1. The molecule has 2 aliphatic heterocycles. The predicted molar refractivity (Wildman–Crippen MR) is 76.5 cm³/mol. The van der Waals surface area contributed by atoms with Crippen molar-refractivity contribution in [2.75, 3.05) is 13.1 Å². The minimum Gasteiger partial charge on any atom is -0.348 e. The van der Waals surface area contributed by atoms with E-state index in [1.54, 1.807) is 24.3 Å². The molecule has 0 unspecified atom stereocenters. The van der Waals surface area contributed by atoms with E-state index in [1.807, 2.05) is 0 Å². The lowest BCUT2D eigenvalue weighted by Gasteiger charge is -2.32.